The molecule has 0 spiro atoms. The SMILES string of the molecule is CCN(c1ccc(C(=C2SC(=Nc3ccccc3)C(C#N)=C2c2ccccc2)c2ccc(N(CC)c3c(F)cccc3F)cc2)cc1)c1c(F)cccc1F. The number of nitriles is 1. The molecular weight excluding hydrogens is 717 g/mol. The lowest BCUT2D eigenvalue weighted by molar-refractivity contribution is 0.580. The summed E-state index contributed by atoms with van der Waals surface area (Å²) in [5.41, 5.74) is 5.84. The van der Waals surface area contributed by atoms with E-state index in [0.29, 0.717) is 46.3 Å². The standard InChI is InChI=1S/C46H34F4N4S/c1-3-53(43-37(47)17-11-18-38(43)48)34-25-21-31(22-26-34)41(32-23-27-35(28-24-32)54(4-2)44-39(49)19-12-20-40(44)50)45-42(30-13-7-5-8-14-30)36(29-51)46(55-45)52-33-15-9-6-10-16-33/h5-28H,3-4H2,1-2H3. The second kappa shape index (κ2) is 16.3. The Balaban J connectivity index is 1.43. The van der Waals surface area contributed by atoms with Crippen molar-refractivity contribution in [3.8, 4) is 6.07 Å². The summed E-state index contributed by atoms with van der Waals surface area (Å²) >= 11 is 1.38. The highest BCUT2D eigenvalue weighted by Gasteiger charge is 2.32. The van der Waals surface area contributed by atoms with Crippen molar-refractivity contribution in [2.24, 2.45) is 4.99 Å². The van der Waals surface area contributed by atoms with E-state index in [9.17, 15) is 22.8 Å². The molecule has 0 saturated carbocycles. The third-order valence-electron chi connectivity index (χ3n) is 9.26. The van der Waals surface area contributed by atoms with Crippen LogP contribution in [-0.4, -0.2) is 18.1 Å². The fraction of sp³-hybridized carbons (Fsp3) is 0.0870. The van der Waals surface area contributed by atoms with E-state index in [1.807, 2.05) is 123 Å². The first-order valence-corrected chi connectivity index (χ1v) is 18.5. The van der Waals surface area contributed by atoms with Crippen LogP contribution in [0.3, 0.4) is 0 Å². The van der Waals surface area contributed by atoms with Gasteiger partial charge in [0.25, 0.3) is 0 Å². The molecule has 0 amide bonds. The Morgan fingerprint density at radius 3 is 1.44 bits per heavy atom. The zero-order valence-electron chi connectivity index (χ0n) is 30.0. The Hall–Kier alpha value is -6.37. The van der Waals surface area contributed by atoms with Gasteiger partial charge in [0, 0.05) is 40.5 Å². The topological polar surface area (TPSA) is 42.6 Å². The van der Waals surface area contributed by atoms with Gasteiger partial charge >= 0.3 is 0 Å². The van der Waals surface area contributed by atoms with Crippen molar-refractivity contribution in [3.05, 3.63) is 196 Å². The smallest absolute Gasteiger partial charge is 0.149 e. The van der Waals surface area contributed by atoms with Crippen LogP contribution >= 0.6 is 11.8 Å². The van der Waals surface area contributed by atoms with Gasteiger partial charge in [0.15, 0.2) is 0 Å². The summed E-state index contributed by atoms with van der Waals surface area (Å²) in [6.07, 6.45) is 0. The van der Waals surface area contributed by atoms with E-state index in [2.05, 4.69) is 6.07 Å². The number of nitrogens with zero attached hydrogens (tertiary/aromatic N) is 4. The molecule has 0 aliphatic carbocycles. The molecular formula is C46H34F4N4S. The molecule has 0 saturated heterocycles. The van der Waals surface area contributed by atoms with E-state index in [-0.39, 0.29) is 11.4 Å². The second-order valence-electron chi connectivity index (χ2n) is 12.5. The van der Waals surface area contributed by atoms with Crippen molar-refractivity contribution < 1.29 is 17.6 Å². The summed E-state index contributed by atoms with van der Waals surface area (Å²) in [7, 11) is 0. The van der Waals surface area contributed by atoms with E-state index < -0.39 is 23.3 Å². The predicted octanol–water partition coefficient (Wildman–Crippen LogP) is 12.8. The summed E-state index contributed by atoms with van der Waals surface area (Å²) in [6, 6.07) is 43.9. The number of rotatable bonds is 10. The minimum Gasteiger partial charge on any atom is -0.337 e. The first kappa shape index (κ1) is 37.0. The summed E-state index contributed by atoms with van der Waals surface area (Å²) < 4.78 is 59.8. The lowest BCUT2D eigenvalue weighted by Gasteiger charge is -2.25. The fourth-order valence-electron chi connectivity index (χ4n) is 6.76. The zero-order chi connectivity index (χ0) is 38.5. The van der Waals surface area contributed by atoms with Crippen LogP contribution in [0, 0.1) is 34.6 Å². The van der Waals surface area contributed by atoms with Crippen LogP contribution in [0.5, 0.6) is 0 Å². The molecule has 0 atom stereocenters. The molecule has 0 radical (unpaired) electrons. The minimum atomic E-state index is -0.667. The van der Waals surface area contributed by atoms with Crippen molar-refractivity contribution in [2.75, 3.05) is 22.9 Å². The molecule has 272 valence electrons. The van der Waals surface area contributed by atoms with Crippen LogP contribution < -0.4 is 9.80 Å². The number of allylic oxidation sites excluding steroid dienone is 1. The second-order valence-corrected chi connectivity index (χ2v) is 13.5. The molecule has 1 heterocycles. The van der Waals surface area contributed by atoms with Crippen molar-refractivity contribution in [1.29, 1.82) is 5.26 Å². The summed E-state index contributed by atoms with van der Waals surface area (Å²) in [4.78, 5) is 8.85. The van der Waals surface area contributed by atoms with E-state index >= 15 is 0 Å². The van der Waals surface area contributed by atoms with Crippen LogP contribution in [0.1, 0.15) is 30.5 Å². The summed E-state index contributed by atoms with van der Waals surface area (Å²) in [6.45, 7) is 4.27. The fourth-order valence-corrected chi connectivity index (χ4v) is 8.01. The first-order valence-electron chi connectivity index (χ1n) is 17.7. The molecule has 0 aromatic heterocycles. The lowest BCUT2D eigenvalue weighted by Crippen LogP contribution is -2.19. The van der Waals surface area contributed by atoms with Crippen LogP contribution in [0.25, 0.3) is 11.1 Å². The average molecular weight is 751 g/mol. The van der Waals surface area contributed by atoms with Crippen LogP contribution in [0.15, 0.2) is 161 Å². The molecule has 7 rings (SSSR count). The molecule has 4 nitrogen and oxygen atoms in total. The summed E-state index contributed by atoms with van der Waals surface area (Å²) in [5, 5.41) is 11.2. The molecule has 6 aromatic rings. The Morgan fingerprint density at radius 2 is 1.02 bits per heavy atom. The number of halogens is 4. The monoisotopic (exact) mass is 750 g/mol. The van der Waals surface area contributed by atoms with Gasteiger partial charge in [0.1, 0.15) is 45.8 Å². The normalized spacial score (nSPS) is 13.3. The van der Waals surface area contributed by atoms with Crippen LogP contribution in [0.2, 0.25) is 0 Å². The van der Waals surface area contributed by atoms with Gasteiger partial charge in [-0.15, -0.1) is 0 Å². The maximum absolute atomic E-state index is 15.0. The summed E-state index contributed by atoms with van der Waals surface area (Å²) in [5.74, 6) is -2.67. The van der Waals surface area contributed by atoms with E-state index in [1.54, 1.807) is 9.80 Å². The molecule has 6 aromatic carbocycles. The van der Waals surface area contributed by atoms with Crippen molar-refractivity contribution in [3.63, 3.8) is 0 Å². The highest BCUT2D eigenvalue weighted by atomic mass is 32.2. The van der Waals surface area contributed by atoms with Crippen LogP contribution in [0.4, 0.5) is 46.0 Å². The quantitative estimate of drug-likeness (QED) is 0.131. The van der Waals surface area contributed by atoms with Gasteiger partial charge in [0.2, 0.25) is 0 Å². The number of thioether (sulfide) groups is 1. The molecule has 1 aliphatic heterocycles. The third-order valence-corrected chi connectivity index (χ3v) is 10.4. The van der Waals surface area contributed by atoms with E-state index in [0.717, 1.165) is 27.2 Å². The molecule has 1 aliphatic rings. The molecule has 0 bridgehead atoms. The highest BCUT2D eigenvalue weighted by molar-refractivity contribution is 8.19. The predicted molar refractivity (Wildman–Crippen MR) is 217 cm³/mol. The van der Waals surface area contributed by atoms with Gasteiger partial charge < -0.3 is 9.80 Å². The number of aliphatic imine (C=N–C) groups is 1. The number of hydrogen-bond acceptors (Lipinski definition) is 5. The average Bonchev–Trinajstić information content (AvgIpc) is 3.56. The van der Waals surface area contributed by atoms with Gasteiger partial charge in [-0.2, -0.15) is 5.26 Å². The van der Waals surface area contributed by atoms with Gasteiger partial charge in [0.05, 0.1) is 11.3 Å². The van der Waals surface area contributed by atoms with Gasteiger partial charge in [-0.05, 0) is 91.2 Å². The van der Waals surface area contributed by atoms with Crippen molar-refractivity contribution >= 4 is 56.4 Å². The largest absolute Gasteiger partial charge is 0.337 e. The molecule has 0 N–H and O–H groups in total. The Morgan fingerprint density at radius 1 is 0.582 bits per heavy atom. The molecule has 0 fully saturated rings. The Kier molecular flexibility index (Phi) is 11.0. The van der Waals surface area contributed by atoms with E-state index in [4.69, 9.17) is 4.99 Å². The number of benzene rings is 6. The van der Waals surface area contributed by atoms with E-state index in [1.165, 1.54) is 48.2 Å². The minimum absolute atomic E-state index is 0.139. The maximum Gasteiger partial charge on any atom is 0.149 e. The third kappa shape index (κ3) is 7.42. The first-order chi connectivity index (χ1) is 26.8. The molecule has 0 unspecified atom stereocenters. The number of hydrogen-bond donors (Lipinski definition) is 0. The van der Waals surface area contributed by atoms with Gasteiger partial charge in [-0.25, -0.2) is 22.6 Å². The van der Waals surface area contributed by atoms with Gasteiger partial charge in [-0.3, -0.25) is 0 Å². The zero-order valence-corrected chi connectivity index (χ0v) is 30.8. The van der Waals surface area contributed by atoms with Crippen molar-refractivity contribution in [1.82, 2.24) is 0 Å². The number of anilines is 4. The number of para-hydroxylation sites is 3. The van der Waals surface area contributed by atoms with Crippen molar-refractivity contribution in [2.45, 2.75) is 13.8 Å². The Labute approximate surface area is 322 Å². The lowest BCUT2D eigenvalue weighted by atomic mass is 9.91. The molecule has 9 heteroatoms. The Bertz CT molecular complexity index is 2330. The van der Waals surface area contributed by atoms with Gasteiger partial charge in [-0.1, -0.05) is 96.7 Å². The maximum atomic E-state index is 15.0. The highest BCUT2D eigenvalue weighted by Crippen LogP contribution is 2.50. The molecule has 55 heavy (non-hydrogen) atoms. The van der Waals surface area contributed by atoms with Crippen LogP contribution in [-0.2, 0) is 0 Å².